The lowest BCUT2D eigenvalue weighted by atomic mass is 9.57. The Labute approximate surface area is 157 Å². The maximum absolute atomic E-state index is 10.8. The predicted molar refractivity (Wildman–Crippen MR) is 102 cm³/mol. The first kappa shape index (κ1) is 19.9. The zero-order valence-corrected chi connectivity index (χ0v) is 16.8. The molecule has 4 unspecified atom stereocenters. The normalized spacial score (nSPS) is 33.9. The van der Waals surface area contributed by atoms with Gasteiger partial charge in [-0.1, -0.05) is 13.8 Å². The molecule has 2 aliphatic heterocycles. The fourth-order valence-electron chi connectivity index (χ4n) is 4.62. The van der Waals surface area contributed by atoms with Crippen LogP contribution < -0.4 is 10.6 Å². The molecule has 0 bridgehead atoms. The average molecular weight is 369 g/mol. The van der Waals surface area contributed by atoms with Gasteiger partial charge in [-0.05, 0) is 20.3 Å². The third-order valence-electron chi connectivity index (χ3n) is 5.98. The summed E-state index contributed by atoms with van der Waals surface area (Å²) in [5, 5.41) is 17.7. The van der Waals surface area contributed by atoms with Gasteiger partial charge in [-0.25, -0.2) is 0 Å². The van der Waals surface area contributed by atoms with Crippen molar-refractivity contribution < 1.29 is 14.6 Å². The molecular weight excluding hydrogens is 332 g/mol. The zero-order chi connectivity index (χ0) is 18.8. The zero-order valence-electron chi connectivity index (χ0n) is 16.8. The molecule has 0 spiro atoms. The van der Waals surface area contributed by atoms with Gasteiger partial charge in [-0.3, -0.25) is 9.89 Å². The highest BCUT2D eigenvalue weighted by atomic mass is 16.5. The predicted octanol–water partition coefficient (Wildman–Crippen LogP) is 0.438. The number of fused-ring (bicyclic) bond motifs is 1. The van der Waals surface area contributed by atoms with Gasteiger partial charge in [0.2, 0.25) is 0 Å². The highest BCUT2D eigenvalue weighted by Gasteiger charge is 2.59. The van der Waals surface area contributed by atoms with E-state index in [1.165, 1.54) is 0 Å². The van der Waals surface area contributed by atoms with Gasteiger partial charge >= 0.3 is 0 Å². The van der Waals surface area contributed by atoms with Crippen LogP contribution >= 0.6 is 0 Å². The molecule has 150 valence electrons. The summed E-state index contributed by atoms with van der Waals surface area (Å²) in [6, 6.07) is 0.358. The lowest BCUT2D eigenvalue weighted by molar-refractivity contribution is -0.106. The number of nitrogens with one attached hydrogen (secondary N) is 2. The molecule has 7 heteroatoms. The van der Waals surface area contributed by atoms with E-state index in [2.05, 4.69) is 36.3 Å². The molecule has 2 heterocycles. The number of β-amino-alcohol motifs (C(OH)–C–C–N with tert-alkyl or cyclic N) is 1. The molecule has 26 heavy (non-hydrogen) atoms. The Bertz CT molecular complexity index is 503. The van der Waals surface area contributed by atoms with Gasteiger partial charge in [0.05, 0.1) is 31.5 Å². The molecule has 7 nitrogen and oxygen atoms in total. The molecular formula is C19H36N4O3. The van der Waals surface area contributed by atoms with E-state index in [0.717, 1.165) is 51.8 Å². The maximum Gasteiger partial charge on any atom is 0.191 e. The summed E-state index contributed by atoms with van der Waals surface area (Å²) in [5.41, 5.74) is -0.749. The highest BCUT2D eigenvalue weighted by Crippen LogP contribution is 2.52. The monoisotopic (exact) mass is 368 g/mol. The third kappa shape index (κ3) is 4.32. The van der Waals surface area contributed by atoms with Crippen LogP contribution in [0.25, 0.3) is 0 Å². The van der Waals surface area contributed by atoms with E-state index in [1.54, 1.807) is 0 Å². The number of ether oxygens (including phenoxy) is 2. The number of morpholine rings is 1. The first-order chi connectivity index (χ1) is 12.3. The topological polar surface area (TPSA) is 78.4 Å². The summed E-state index contributed by atoms with van der Waals surface area (Å²) in [6.45, 7) is 14.3. The number of rotatable bonds is 6. The summed E-state index contributed by atoms with van der Waals surface area (Å²) in [6.07, 6.45) is 1.47. The Kier molecular flexibility index (Phi) is 6.11. The van der Waals surface area contributed by atoms with Crippen molar-refractivity contribution in [1.82, 2.24) is 15.5 Å². The van der Waals surface area contributed by atoms with Crippen molar-refractivity contribution in [3.8, 4) is 0 Å². The van der Waals surface area contributed by atoms with E-state index < -0.39 is 5.60 Å². The second-order valence-electron chi connectivity index (χ2n) is 8.77. The van der Waals surface area contributed by atoms with Crippen molar-refractivity contribution in [3.05, 3.63) is 0 Å². The molecule has 1 aliphatic carbocycles. The van der Waals surface area contributed by atoms with Crippen molar-refractivity contribution >= 4 is 5.96 Å². The Morgan fingerprint density at radius 3 is 2.73 bits per heavy atom. The number of hydrogen-bond acceptors (Lipinski definition) is 5. The van der Waals surface area contributed by atoms with Crippen LogP contribution in [0.1, 0.15) is 34.1 Å². The molecule has 0 amide bonds. The van der Waals surface area contributed by atoms with E-state index in [9.17, 15) is 5.11 Å². The summed E-state index contributed by atoms with van der Waals surface area (Å²) in [5.74, 6) is 1.35. The first-order valence-electron chi connectivity index (χ1n) is 10.0. The smallest absolute Gasteiger partial charge is 0.191 e. The SMILES string of the molecule is CCNC(=NCC(C)(O)CN1CCOCC1)NC1C2CCOC2C1(C)C. The summed E-state index contributed by atoms with van der Waals surface area (Å²) < 4.78 is 11.3. The number of guanidine groups is 1. The first-order valence-corrected chi connectivity index (χ1v) is 10.0. The van der Waals surface area contributed by atoms with Crippen molar-refractivity contribution in [2.75, 3.05) is 52.5 Å². The molecule has 0 aromatic carbocycles. The molecule has 3 aliphatic rings. The van der Waals surface area contributed by atoms with Crippen LogP contribution in [0.5, 0.6) is 0 Å². The minimum atomic E-state index is -0.853. The van der Waals surface area contributed by atoms with E-state index >= 15 is 0 Å². The summed E-state index contributed by atoms with van der Waals surface area (Å²) in [7, 11) is 0. The molecule has 3 fully saturated rings. The Hall–Kier alpha value is -0.890. The number of aliphatic imine (C=N–C) groups is 1. The maximum atomic E-state index is 10.8. The van der Waals surface area contributed by atoms with Gasteiger partial charge in [0.15, 0.2) is 5.96 Å². The molecule has 1 saturated carbocycles. The van der Waals surface area contributed by atoms with Crippen LogP contribution in [0.2, 0.25) is 0 Å². The van der Waals surface area contributed by atoms with Crippen LogP contribution in [0, 0.1) is 11.3 Å². The molecule has 3 rings (SSSR count). The second kappa shape index (κ2) is 8.00. The molecule has 2 saturated heterocycles. The van der Waals surface area contributed by atoms with Crippen molar-refractivity contribution in [1.29, 1.82) is 0 Å². The lowest BCUT2D eigenvalue weighted by Gasteiger charge is -2.55. The van der Waals surface area contributed by atoms with Crippen LogP contribution in [0.15, 0.2) is 4.99 Å². The van der Waals surface area contributed by atoms with Gasteiger partial charge in [-0.15, -0.1) is 0 Å². The van der Waals surface area contributed by atoms with Crippen molar-refractivity contribution in [3.63, 3.8) is 0 Å². The molecule has 0 aromatic heterocycles. The fourth-order valence-corrected chi connectivity index (χ4v) is 4.62. The van der Waals surface area contributed by atoms with Gasteiger partial charge in [0.25, 0.3) is 0 Å². The Morgan fingerprint density at radius 2 is 2.04 bits per heavy atom. The Morgan fingerprint density at radius 1 is 1.31 bits per heavy atom. The van der Waals surface area contributed by atoms with Crippen molar-refractivity contribution in [2.45, 2.75) is 51.9 Å². The third-order valence-corrected chi connectivity index (χ3v) is 5.98. The van der Waals surface area contributed by atoms with E-state index in [0.29, 0.717) is 31.2 Å². The summed E-state index contributed by atoms with van der Waals surface area (Å²) in [4.78, 5) is 6.94. The average Bonchev–Trinajstić information content (AvgIpc) is 3.05. The number of aliphatic hydroxyl groups is 1. The van der Waals surface area contributed by atoms with Gasteiger partial charge in [-0.2, -0.15) is 0 Å². The largest absolute Gasteiger partial charge is 0.387 e. The lowest BCUT2D eigenvalue weighted by Crippen LogP contribution is -2.68. The molecule has 0 aromatic rings. The molecule has 4 atom stereocenters. The summed E-state index contributed by atoms with van der Waals surface area (Å²) >= 11 is 0. The fraction of sp³-hybridized carbons (Fsp3) is 0.947. The van der Waals surface area contributed by atoms with Gasteiger partial charge < -0.3 is 25.2 Å². The van der Waals surface area contributed by atoms with Crippen molar-refractivity contribution in [2.24, 2.45) is 16.3 Å². The Balaban J connectivity index is 1.58. The standard InChI is InChI=1S/C19H36N4O3/c1-5-20-17(22-15-14-6-9-26-16(14)18(15,2)3)21-12-19(4,24)13-23-7-10-25-11-8-23/h14-16,24H,5-13H2,1-4H3,(H2,20,21,22). The minimum absolute atomic E-state index is 0.105. The van der Waals surface area contributed by atoms with E-state index in [4.69, 9.17) is 14.5 Å². The van der Waals surface area contributed by atoms with E-state index in [1.807, 2.05) is 6.92 Å². The quantitative estimate of drug-likeness (QED) is 0.466. The molecule has 0 radical (unpaired) electrons. The van der Waals surface area contributed by atoms with Crippen LogP contribution in [0.4, 0.5) is 0 Å². The van der Waals surface area contributed by atoms with E-state index in [-0.39, 0.29) is 5.41 Å². The highest BCUT2D eigenvalue weighted by molar-refractivity contribution is 5.80. The number of hydrogen-bond donors (Lipinski definition) is 3. The minimum Gasteiger partial charge on any atom is -0.387 e. The number of nitrogens with zero attached hydrogens (tertiary/aromatic N) is 2. The second-order valence-corrected chi connectivity index (χ2v) is 8.77. The van der Waals surface area contributed by atoms with Gasteiger partial charge in [0, 0.05) is 50.2 Å². The molecule has 3 N–H and O–H groups in total. The van der Waals surface area contributed by atoms with Crippen LogP contribution in [0.3, 0.4) is 0 Å². The van der Waals surface area contributed by atoms with Crippen LogP contribution in [-0.2, 0) is 9.47 Å². The van der Waals surface area contributed by atoms with Gasteiger partial charge in [0.1, 0.15) is 0 Å². The van der Waals surface area contributed by atoms with Crippen LogP contribution in [-0.4, -0.2) is 86.3 Å².